The number of nitrogens with one attached hydrogen (secondary N) is 1. The summed E-state index contributed by atoms with van der Waals surface area (Å²) in [5, 5.41) is 12.4. The van der Waals surface area contributed by atoms with Gasteiger partial charge in [0, 0.05) is 19.1 Å². The van der Waals surface area contributed by atoms with Crippen LogP contribution in [0.4, 0.5) is 0 Å². The topological polar surface area (TPSA) is 55.8 Å². The number of nitrogens with zero attached hydrogens (tertiary/aromatic N) is 2. The van der Waals surface area contributed by atoms with Gasteiger partial charge in [-0.15, -0.1) is 0 Å². The zero-order chi connectivity index (χ0) is 13.2. The number of rotatable bonds is 3. The molecule has 18 heavy (non-hydrogen) atoms. The van der Waals surface area contributed by atoms with Crippen molar-refractivity contribution in [2.75, 3.05) is 40.3 Å². The molecule has 2 unspecified atom stereocenters. The predicted molar refractivity (Wildman–Crippen MR) is 70.8 cm³/mol. The maximum Gasteiger partial charge on any atom is 0.323 e. The molecule has 2 N–H and O–H groups in total. The van der Waals surface area contributed by atoms with Crippen molar-refractivity contribution in [3.63, 3.8) is 0 Å². The lowest BCUT2D eigenvalue weighted by Gasteiger charge is -2.29. The van der Waals surface area contributed by atoms with Crippen molar-refractivity contribution in [3.05, 3.63) is 0 Å². The summed E-state index contributed by atoms with van der Waals surface area (Å²) in [5.41, 5.74) is -0.692. The molecule has 0 aromatic heterocycles. The molecular weight excluding hydrogens is 230 g/mol. The zero-order valence-electron chi connectivity index (χ0n) is 11.5. The fourth-order valence-electron chi connectivity index (χ4n) is 3.29. The smallest absolute Gasteiger partial charge is 0.323 e. The molecule has 2 aliphatic rings. The van der Waals surface area contributed by atoms with E-state index in [0.717, 1.165) is 45.4 Å². The van der Waals surface area contributed by atoms with Gasteiger partial charge >= 0.3 is 5.97 Å². The molecule has 1 aliphatic heterocycles. The number of aliphatic carboxylic acids is 1. The van der Waals surface area contributed by atoms with E-state index in [1.54, 1.807) is 7.05 Å². The molecule has 0 bridgehead atoms. The third-order valence-electron chi connectivity index (χ3n) is 4.65. The monoisotopic (exact) mass is 255 g/mol. The fraction of sp³-hybridized carbons (Fsp3) is 0.923. The third kappa shape index (κ3) is 2.68. The minimum atomic E-state index is -0.695. The van der Waals surface area contributed by atoms with Gasteiger partial charge in [-0.1, -0.05) is 0 Å². The van der Waals surface area contributed by atoms with Gasteiger partial charge in [-0.25, -0.2) is 0 Å². The van der Waals surface area contributed by atoms with Crippen LogP contribution in [0.15, 0.2) is 0 Å². The van der Waals surface area contributed by atoms with E-state index in [1.165, 1.54) is 6.42 Å². The Balaban J connectivity index is 1.97. The standard InChI is InChI=1S/C13H25N3O2/c1-14-13(12(17)18)5-4-11(10-13)16-7-3-6-15(2)8-9-16/h11,14H,3-10H2,1-2H3,(H,17,18). The van der Waals surface area contributed by atoms with Gasteiger partial charge in [0.15, 0.2) is 0 Å². The van der Waals surface area contributed by atoms with Gasteiger partial charge in [-0.05, 0) is 52.9 Å². The third-order valence-corrected chi connectivity index (χ3v) is 4.65. The summed E-state index contributed by atoms with van der Waals surface area (Å²) in [6.45, 7) is 4.42. The normalized spacial score (nSPS) is 35.6. The van der Waals surface area contributed by atoms with Gasteiger partial charge in [0.25, 0.3) is 0 Å². The highest BCUT2D eigenvalue weighted by atomic mass is 16.4. The van der Waals surface area contributed by atoms with E-state index in [-0.39, 0.29) is 0 Å². The lowest BCUT2D eigenvalue weighted by molar-refractivity contribution is -0.144. The van der Waals surface area contributed by atoms with Crippen molar-refractivity contribution in [2.24, 2.45) is 0 Å². The molecule has 0 aromatic rings. The Labute approximate surface area is 109 Å². The van der Waals surface area contributed by atoms with Crippen LogP contribution in [0.1, 0.15) is 25.7 Å². The van der Waals surface area contributed by atoms with Gasteiger partial charge in [0.1, 0.15) is 5.54 Å². The van der Waals surface area contributed by atoms with Crippen molar-refractivity contribution < 1.29 is 9.90 Å². The summed E-state index contributed by atoms with van der Waals surface area (Å²) in [4.78, 5) is 16.3. The first-order valence-corrected chi connectivity index (χ1v) is 6.92. The molecule has 2 fully saturated rings. The molecule has 1 heterocycles. The van der Waals surface area contributed by atoms with Crippen molar-refractivity contribution >= 4 is 5.97 Å². The second-order valence-corrected chi connectivity index (χ2v) is 5.73. The van der Waals surface area contributed by atoms with Crippen molar-refractivity contribution in [1.29, 1.82) is 0 Å². The molecule has 5 heteroatoms. The van der Waals surface area contributed by atoms with Crippen LogP contribution >= 0.6 is 0 Å². The molecule has 104 valence electrons. The minimum Gasteiger partial charge on any atom is -0.480 e. The molecule has 2 atom stereocenters. The van der Waals surface area contributed by atoms with E-state index >= 15 is 0 Å². The Kier molecular flexibility index (Phi) is 4.25. The quantitative estimate of drug-likeness (QED) is 0.755. The number of hydrogen-bond donors (Lipinski definition) is 2. The number of likely N-dealkylation sites (N-methyl/N-ethyl adjacent to an activating group) is 2. The number of carboxylic acids is 1. The fourth-order valence-corrected chi connectivity index (χ4v) is 3.29. The summed E-state index contributed by atoms with van der Waals surface area (Å²) in [6.07, 6.45) is 3.67. The summed E-state index contributed by atoms with van der Waals surface area (Å²) in [5.74, 6) is -0.695. The lowest BCUT2D eigenvalue weighted by Crippen LogP contribution is -2.49. The van der Waals surface area contributed by atoms with E-state index in [9.17, 15) is 9.90 Å². The van der Waals surface area contributed by atoms with Crippen LogP contribution in [-0.4, -0.2) is 72.7 Å². The number of hydrogen-bond acceptors (Lipinski definition) is 4. The SMILES string of the molecule is CNC1(C(=O)O)CCC(N2CCCN(C)CC2)C1. The van der Waals surface area contributed by atoms with E-state index in [4.69, 9.17) is 0 Å². The Morgan fingerprint density at radius 1 is 1.33 bits per heavy atom. The predicted octanol–water partition coefficient (Wildman–Crippen LogP) is 0.219. The second kappa shape index (κ2) is 5.55. The average Bonchev–Trinajstić information content (AvgIpc) is 2.68. The maximum atomic E-state index is 11.4. The minimum absolute atomic E-state index is 0.431. The molecule has 2 rings (SSSR count). The van der Waals surface area contributed by atoms with Gasteiger partial charge in [-0.3, -0.25) is 9.69 Å². The molecule has 1 aliphatic carbocycles. The Bertz CT molecular complexity index is 311. The largest absolute Gasteiger partial charge is 0.480 e. The van der Waals surface area contributed by atoms with Gasteiger partial charge in [0.05, 0.1) is 0 Å². The summed E-state index contributed by atoms with van der Waals surface area (Å²) in [6, 6.07) is 0.431. The van der Waals surface area contributed by atoms with Crippen molar-refractivity contribution in [3.8, 4) is 0 Å². The first-order valence-electron chi connectivity index (χ1n) is 6.92. The molecular formula is C13H25N3O2. The van der Waals surface area contributed by atoms with E-state index in [0.29, 0.717) is 6.04 Å². The molecule has 0 radical (unpaired) electrons. The molecule has 1 saturated carbocycles. The highest BCUT2D eigenvalue weighted by molar-refractivity contribution is 5.79. The first-order chi connectivity index (χ1) is 8.57. The molecule has 1 saturated heterocycles. The van der Waals surface area contributed by atoms with Crippen molar-refractivity contribution in [1.82, 2.24) is 15.1 Å². The summed E-state index contributed by atoms with van der Waals surface area (Å²) < 4.78 is 0. The van der Waals surface area contributed by atoms with Crippen LogP contribution in [-0.2, 0) is 4.79 Å². The van der Waals surface area contributed by atoms with Crippen molar-refractivity contribution in [2.45, 2.75) is 37.3 Å². The maximum absolute atomic E-state index is 11.4. The number of carbonyl (C=O) groups is 1. The first kappa shape index (κ1) is 13.8. The van der Waals surface area contributed by atoms with Crippen LogP contribution in [0.2, 0.25) is 0 Å². The van der Waals surface area contributed by atoms with E-state index < -0.39 is 11.5 Å². The highest BCUT2D eigenvalue weighted by Gasteiger charge is 2.45. The second-order valence-electron chi connectivity index (χ2n) is 5.73. The average molecular weight is 255 g/mol. The van der Waals surface area contributed by atoms with E-state index in [1.807, 2.05) is 0 Å². The van der Waals surface area contributed by atoms with Crippen LogP contribution in [0, 0.1) is 0 Å². The molecule has 0 aromatic carbocycles. The zero-order valence-corrected chi connectivity index (χ0v) is 11.5. The van der Waals surface area contributed by atoms with E-state index in [2.05, 4.69) is 22.2 Å². The summed E-state index contributed by atoms with van der Waals surface area (Å²) in [7, 11) is 3.93. The van der Waals surface area contributed by atoms with Gasteiger partial charge in [0.2, 0.25) is 0 Å². The van der Waals surface area contributed by atoms with Gasteiger partial charge < -0.3 is 15.3 Å². The molecule has 0 spiro atoms. The van der Waals surface area contributed by atoms with Crippen LogP contribution < -0.4 is 5.32 Å². The van der Waals surface area contributed by atoms with Crippen LogP contribution in [0.5, 0.6) is 0 Å². The lowest BCUT2D eigenvalue weighted by atomic mass is 9.98. The molecule has 5 nitrogen and oxygen atoms in total. The Morgan fingerprint density at radius 3 is 2.72 bits per heavy atom. The Morgan fingerprint density at radius 2 is 2.11 bits per heavy atom. The van der Waals surface area contributed by atoms with Gasteiger partial charge in [-0.2, -0.15) is 0 Å². The summed E-state index contributed by atoms with van der Waals surface area (Å²) >= 11 is 0. The Hall–Kier alpha value is -0.650. The number of carboxylic acid groups (broad SMARTS) is 1. The molecule has 0 amide bonds. The van der Waals surface area contributed by atoms with Crippen LogP contribution in [0.25, 0.3) is 0 Å². The highest BCUT2D eigenvalue weighted by Crippen LogP contribution is 2.33. The van der Waals surface area contributed by atoms with Crippen LogP contribution in [0.3, 0.4) is 0 Å².